The molecule has 1 aliphatic rings. The molecule has 0 bridgehead atoms. The largest absolute Gasteiger partial charge is 0.497 e. The van der Waals surface area contributed by atoms with Crippen molar-refractivity contribution in [3.05, 3.63) is 54.8 Å². The van der Waals surface area contributed by atoms with Gasteiger partial charge in [-0.3, -0.25) is 4.79 Å². The molecule has 1 N–H and O–H groups in total. The third kappa shape index (κ3) is 2.51. The quantitative estimate of drug-likeness (QED) is 0.513. The molecule has 1 saturated heterocycles. The van der Waals surface area contributed by atoms with Gasteiger partial charge < -0.3 is 14.7 Å². The van der Waals surface area contributed by atoms with Gasteiger partial charge in [-0.15, -0.1) is 12.3 Å². The van der Waals surface area contributed by atoms with E-state index in [9.17, 15) is 9.90 Å². The fourth-order valence-corrected chi connectivity index (χ4v) is 2.51. The Labute approximate surface area is 124 Å². The second kappa shape index (κ2) is 6.00. The van der Waals surface area contributed by atoms with E-state index in [1.165, 1.54) is 0 Å². The van der Waals surface area contributed by atoms with Crippen LogP contribution in [0.15, 0.2) is 54.8 Å². The first kappa shape index (κ1) is 15.1. The third-order valence-electron chi connectivity index (χ3n) is 3.84. The van der Waals surface area contributed by atoms with E-state index in [1.54, 1.807) is 49.3 Å². The average molecular weight is 285 g/mol. The summed E-state index contributed by atoms with van der Waals surface area (Å²) in [5.41, 5.74) is 4.02. The summed E-state index contributed by atoms with van der Waals surface area (Å²) in [5.74, 6) is 0.243. The highest BCUT2D eigenvalue weighted by molar-refractivity contribution is 6.04. The monoisotopic (exact) mass is 285 g/mol. The lowest BCUT2D eigenvalue weighted by atomic mass is 9.81. The molecular formula is C17H19NO3. The van der Waals surface area contributed by atoms with Crippen LogP contribution >= 0.6 is 0 Å². The SMILES string of the molecule is C=C=C(C)[C@H](O)[C@H]1[C@@H](C=C)C(=O)N1c1ccc(OC)cc1. The van der Waals surface area contributed by atoms with Gasteiger partial charge in [-0.2, -0.15) is 0 Å². The van der Waals surface area contributed by atoms with Crippen molar-refractivity contribution in [3.63, 3.8) is 0 Å². The van der Waals surface area contributed by atoms with Gasteiger partial charge in [0.25, 0.3) is 0 Å². The molecule has 1 heterocycles. The van der Waals surface area contributed by atoms with E-state index < -0.39 is 12.0 Å². The summed E-state index contributed by atoms with van der Waals surface area (Å²) in [6.45, 7) is 8.97. The number of hydrogen-bond acceptors (Lipinski definition) is 3. The Kier molecular flexibility index (Phi) is 4.32. The van der Waals surface area contributed by atoms with Crippen LogP contribution in [0.3, 0.4) is 0 Å². The summed E-state index contributed by atoms with van der Waals surface area (Å²) in [6, 6.07) is 6.77. The zero-order valence-electron chi connectivity index (χ0n) is 12.2. The summed E-state index contributed by atoms with van der Waals surface area (Å²) < 4.78 is 5.11. The first-order valence-electron chi connectivity index (χ1n) is 6.69. The molecule has 21 heavy (non-hydrogen) atoms. The Morgan fingerprint density at radius 1 is 1.48 bits per heavy atom. The van der Waals surface area contributed by atoms with Crippen LogP contribution in [0.2, 0.25) is 0 Å². The molecule has 0 radical (unpaired) electrons. The molecule has 4 nitrogen and oxygen atoms in total. The van der Waals surface area contributed by atoms with Crippen LogP contribution in [0.25, 0.3) is 0 Å². The summed E-state index contributed by atoms with van der Waals surface area (Å²) >= 11 is 0. The van der Waals surface area contributed by atoms with Gasteiger partial charge in [-0.25, -0.2) is 0 Å². The summed E-state index contributed by atoms with van der Waals surface area (Å²) in [4.78, 5) is 13.8. The smallest absolute Gasteiger partial charge is 0.236 e. The third-order valence-corrected chi connectivity index (χ3v) is 3.84. The number of anilines is 1. The summed E-state index contributed by atoms with van der Waals surface area (Å²) in [5, 5.41) is 10.4. The van der Waals surface area contributed by atoms with E-state index >= 15 is 0 Å². The minimum Gasteiger partial charge on any atom is -0.497 e. The number of nitrogens with zero attached hydrogens (tertiary/aromatic N) is 1. The zero-order chi connectivity index (χ0) is 15.6. The fraction of sp³-hybridized carbons (Fsp3) is 0.294. The van der Waals surface area contributed by atoms with Crippen molar-refractivity contribution in [2.24, 2.45) is 5.92 Å². The molecule has 0 aromatic heterocycles. The number of ether oxygens (including phenoxy) is 1. The zero-order valence-corrected chi connectivity index (χ0v) is 12.2. The van der Waals surface area contributed by atoms with E-state index in [0.29, 0.717) is 11.3 Å². The second-order valence-corrected chi connectivity index (χ2v) is 4.96. The fourth-order valence-electron chi connectivity index (χ4n) is 2.51. The summed E-state index contributed by atoms with van der Waals surface area (Å²) in [7, 11) is 1.59. The molecule has 3 atom stereocenters. The number of aliphatic hydroxyl groups is 1. The van der Waals surface area contributed by atoms with Gasteiger partial charge in [0.2, 0.25) is 5.91 Å². The Hall–Kier alpha value is -2.29. The number of amides is 1. The summed E-state index contributed by atoms with van der Waals surface area (Å²) in [6.07, 6.45) is 0.761. The predicted octanol–water partition coefficient (Wildman–Crippen LogP) is 2.30. The molecule has 1 aromatic carbocycles. The minimum absolute atomic E-state index is 0.0731. The molecule has 0 spiro atoms. The van der Waals surface area contributed by atoms with Crippen LogP contribution in [0, 0.1) is 5.92 Å². The van der Waals surface area contributed by atoms with Crippen molar-refractivity contribution < 1.29 is 14.6 Å². The van der Waals surface area contributed by atoms with E-state index in [-0.39, 0.29) is 11.9 Å². The highest BCUT2D eigenvalue weighted by atomic mass is 16.5. The van der Waals surface area contributed by atoms with E-state index in [2.05, 4.69) is 18.9 Å². The molecule has 1 aliphatic heterocycles. The lowest BCUT2D eigenvalue weighted by Gasteiger charge is -2.48. The number of methoxy groups -OCH3 is 1. The Morgan fingerprint density at radius 2 is 2.10 bits per heavy atom. The molecular weight excluding hydrogens is 266 g/mol. The maximum absolute atomic E-state index is 12.2. The lowest BCUT2D eigenvalue weighted by Crippen LogP contribution is -2.65. The van der Waals surface area contributed by atoms with Gasteiger partial charge in [0.1, 0.15) is 11.9 Å². The maximum Gasteiger partial charge on any atom is 0.236 e. The molecule has 1 fully saturated rings. The van der Waals surface area contributed by atoms with Crippen LogP contribution in [0.1, 0.15) is 6.92 Å². The molecule has 0 aliphatic carbocycles. The Bertz CT molecular complexity index is 599. The van der Waals surface area contributed by atoms with Gasteiger partial charge in [-0.1, -0.05) is 12.7 Å². The normalized spacial score (nSPS) is 22.0. The van der Waals surface area contributed by atoms with Crippen molar-refractivity contribution in [2.75, 3.05) is 12.0 Å². The van der Waals surface area contributed by atoms with Crippen LogP contribution in [0.4, 0.5) is 5.69 Å². The van der Waals surface area contributed by atoms with Gasteiger partial charge in [0, 0.05) is 5.69 Å². The molecule has 110 valence electrons. The number of benzene rings is 1. The second-order valence-electron chi connectivity index (χ2n) is 4.96. The number of aliphatic hydroxyl groups excluding tert-OH is 1. The Morgan fingerprint density at radius 3 is 2.57 bits per heavy atom. The molecule has 1 amide bonds. The van der Waals surface area contributed by atoms with Gasteiger partial charge in [-0.05, 0) is 36.8 Å². The Balaban J connectivity index is 2.33. The highest BCUT2D eigenvalue weighted by Gasteiger charge is 2.50. The number of carbonyl (C=O) groups is 1. The standard InChI is InChI=1S/C17H19NO3/c1-5-11(3)16(19)15-14(6-2)17(20)18(15)12-7-9-13(21-4)10-8-12/h6-10,14-16,19H,1-2H2,3-4H3/t14-,15-,16+/m1/s1. The van der Waals surface area contributed by atoms with E-state index in [0.717, 1.165) is 5.69 Å². The highest BCUT2D eigenvalue weighted by Crippen LogP contribution is 2.37. The van der Waals surface area contributed by atoms with Crippen LogP contribution in [-0.4, -0.2) is 30.3 Å². The minimum atomic E-state index is -0.815. The topological polar surface area (TPSA) is 49.8 Å². The van der Waals surface area contributed by atoms with Crippen molar-refractivity contribution >= 4 is 11.6 Å². The van der Waals surface area contributed by atoms with Crippen molar-refractivity contribution in [3.8, 4) is 5.75 Å². The molecule has 2 rings (SSSR count). The number of rotatable bonds is 5. The number of β-lactam (4-membered cyclic amide) rings is 1. The maximum atomic E-state index is 12.2. The van der Waals surface area contributed by atoms with Gasteiger partial charge >= 0.3 is 0 Å². The number of hydrogen-bond donors (Lipinski definition) is 1. The predicted molar refractivity (Wildman–Crippen MR) is 82.3 cm³/mol. The van der Waals surface area contributed by atoms with E-state index in [4.69, 9.17) is 4.74 Å². The van der Waals surface area contributed by atoms with Crippen LogP contribution in [0.5, 0.6) is 5.75 Å². The molecule has 1 aromatic rings. The van der Waals surface area contributed by atoms with Crippen molar-refractivity contribution in [2.45, 2.75) is 19.1 Å². The van der Waals surface area contributed by atoms with Crippen molar-refractivity contribution in [1.29, 1.82) is 0 Å². The molecule has 4 heteroatoms. The molecule has 0 saturated carbocycles. The first-order valence-corrected chi connectivity index (χ1v) is 6.69. The van der Waals surface area contributed by atoms with Gasteiger partial charge in [0.05, 0.1) is 19.1 Å². The lowest BCUT2D eigenvalue weighted by molar-refractivity contribution is -0.130. The van der Waals surface area contributed by atoms with E-state index in [1.807, 2.05) is 0 Å². The number of carbonyl (C=O) groups excluding carboxylic acids is 1. The van der Waals surface area contributed by atoms with Crippen LogP contribution in [-0.2, 0) is 4.79 Å². The van der Waals surface area contributed by atoms with Crippen LogP contribution < -0.4 is 9.64 Å². The molecule has 0 unspecified atom stereocenters. The average Bonchev–Trinajstić information content (AvgIpc) is 2.52. The van der Waals surface area contributed by atoms with Gasteiger partial charge in [0.15, 0.2) is 0 Å². The first-order chi connectivity index (χ1) is 10.0. The van der Waals surface area contributed by atoms with Crippen molar-refractivity contribution in [1.82, 2.24) is 0 Å².